The number of guanidine groups is 1. The summed E-state index contributed by atoms with van der Waals surface area (Å²) in [6, 6.07) is 9.82. The van der Waals surface area contributed by atoms with Crippen LogP contribution in [0, 0.1) is 0 Å². The lowest BCUT2D eigenvalue weighted by atomic mass is 10.2. The minimum absolute atomic E-state index is 0.275. The summed E-state index contributed by atoms with van der Waals surface area (Å²) in [7, 11) is 0. The van der Waals surface area contributed by atoms with Crippen molar-refractivity contribution in [2.75, 3.05) is 26.2 Å². The molecule has 2 rings (SSSR count). The minimum atomic E-state index is 0.275. The van der Waals surface area contributed by atoms with E-state index in [1.54, 1.807) is 0 Å². The first-order chi connectivity index (χ1) is 12.7. The molecule has 0 saturated heterocycles. The quantitative estimate of drug-likeness (QED) is 0.385. The number of hydrogen-bond acceptors (Lipinski definition) is 5. The fraction of sp³-hybridized carbons (Fsp3) is 0.526. The Labute approximate surface area is 155 Å². The molecule has 7 nitrogen and oxygen atoms in total. The molecule has 1 heterocycles. The van der Waals surface area contributed by atoms with Crippen molar-refractivity contribution in [1.82, 2.24) is 20.8 Å². The zero-order valence-electron chi connectivity index (χ0n) is 15.9. The van der Waals surface area contributed by atoms with E-state index in [4.69, 9.17) is 9.26 Å². The summed E-state index contributed by atoms with van der Waals surface area (Å²) in [6.07, 6.45) is 1.52. The van der Waals surface area contributed by atoms with E-state index in [-0.39, 0.29) is 5.92 Å². The zero-order chi connectivity index (χ0) is 18.6. The fourth-order valence-electron chi connectivity index (χ4n) is 2.20. The van der Waals surface area contributed by atoms with Crippen LogP contribution in [0.1, 0.15) is 44.8 Å². The average molecular weight is 359 g/mol. The Bertz CT molecular complexity index is 655. The highest BCUT2D eigenvalue weighted by Crippen LogP contribution is 2.09. The van der Waals surface area contributed by atoms with Crippen molar-refractivity contribution < 1.29 is 9.26 Å². The molecule has 0 saturated carbocycles. The third kappa shape index (κ3) is 7.13. The van der Waals surface area contributed by atoms with E-state index in [0.29, 0.717) is 32.0 Å². The maximum Gasteiger partial charge on any atom is 0.228 e. The van der Waals surface area contributed by atoms with Gasteiger partial charge in [-0.1, -0.05) is 37.2 Å². The Morgan fingerprint density at radius 3 is 2.73 bits per heavy atom. The third-order valence-electron chi connectivity index (χ3n) is 3.56. The summed E-state index contributed by atoms with van der Waals surface area (Å²) >= 11 is 0. The first-order valence-corrected chi connectivity index (χ1v) is 9.21. The first kappa shape index (κ1) is 19.8. The molecule has 0 spiro atoms. The maximum absolute atomic E-state index is 5.67. The number of para-hydroxylation sites is 1. The fourth-order valence-corrected chi connectivity index (χ4v) is 2.20. The van der Waals surface area contributed by atoms with Gasteiger partial charge >= 0.3 is 0 Å². The number of aliphatic imine (C=N–C) groups is 1. The molecule has 0 amide bonds. The molecule has 0 aliphatic carbocycles. The SMILES string of the molecule is CCNC(=NCCCOc1ccccc1)NCCc1nc(C(C)C)no1. The molecule has 1 aromatic heterocycles. The summed E-state index contributed by atoms with van der Waals surface area (Å²) in [5, 5.41) is 10.5. The van der Waals surface area contributed by atoms with Crippen molar-refractivity contribution in [2.45, 2.75) is 39.5 Å². The molecule has 0 bridgehead atoms. The number of ether oxygens (including phenoxy) is 1. The van der Waals surface area contributed by atoms with E-state index in [1.807, 2.05) is 51.1 Å². The van der Waals surface area contributed by atoms with Crippen molar-refractivity contribution in [1.29, 1.82) is 0 Å². The van der Waals surface area contributed by atoms with Gasteiger partial charge in [0.25, 0.3) is 0 Å². The molecular weight excluding hydrogens is 330 g/mol. The molecule has 142 valence electrons. The van der Waals surface area contributed by atoms with Gasteiger partial charge in [0.05, 0.1) is 6.61 Å². The number of nitrogens with one attached hydrogen (secondary N) is 2. The lowest BCUT2D eigenvalue weighted by Crippen LogP contribution is -2.38. The molecule has 0 radical (unpaired) electrons. The number of hydrogen-bond donors (Lipinski definition) is 2. The van der Waals surface area contributed by atoms with Gasteiger partial charge in [0.1, 0.15) is 5.75 Å². The number of nitrogens with zero attached hydrogens (tertiary/aromatic N) is 3. The summed E-state index contributed by atoms with van der Waals surface area (Å²) in [5.74, 6) is 3.35. The molecule has 2 N–H and O–H groups in total. The van der Waals surface area contributed by atoms with Crippen LogP contribution in [0.2, 0.25) is 0 Å². The van der Waals surface area contributed by atoms with E-state index in [9.17, 15) is 0 Å². The van der Waals surface area contributed by atoms with Crippen LogP contribution in [0.15, 0.2) is 39.8 Å². The van der Waals surface area contributed by atoms with Gasteiger partial charge in [-0.05, 0) is 19.1 Å². The molecular formula is C19H29N5O2. The van der Waals surface area contributed by atoms with Crippen molar-refractivity contribution in [2.24, 2.45) is 4.99 Å². The Balaban J connectivity index is 1.68. The molecule has 1 aromatic carbocycles. The summed E-state index contributed by atoms with van der Waals surface area (Å²) < 4.78 is 10.9. The van der Waals surface area contributed by atoms with Gasteiger partial charge in [0.2, 0.25) is 5.89 Å². The van der Waals surface area contributed by atoms with Gasteiger partial charge in [-0.2, -0.15) is 4.98 Å². The average Bonchev–Trinajstić information content (AvgIpc) is 3.11. The smallest absolute Gasteiger partial charge is 0.228 e. The van der Waals surface area contributed by atoms with Crippen molar-refractivity contribution in [3.05, 3.63) is 42.0 Å². The second-order valence-corrected chi connectivity index (χ2v) is 6.15. The normalized spacial score (nSPS) is 11.6. The first-order valence-electron chi connectivity index (χ1n) is 9.21. The lowest BCUT2D eigenvalue weighted by Gasteiger charge is -2.10. The van der Waals surface area contributed by atoms with Crippen LogP contribution < -0.4 is 15.4 Å². The molecule has 0 aliphatic heterocycles. The molecule has 0 aliphatic rings. The highest BCUT2D eigenvalue weighted by atomic mass is 16.5. The number of rotatable bonds is 10. The zero-order valence-corrected chi connectivity index (χ0v) is 15.9. The molecule has 0 unspecified atom stereocenters. The van der Waals surface area contributed by atoms with Crippen LogP contribution in [0.3, 0.4) is 0 Å². The van der Waals surface area contributed by atoms with Crippen molar-refractivity contribution in [3.8, 4) is 5.75 Å². The van der Waals surface area contributed by atoms with Gasteiger partial charge in [-0.3, -0.25) is 4.99 Å². The van der Waals surface area contributed by atoms with E-state index >= 15 is 0 Å². The van der Waals surface area contributed by atoms with E-state index in [0.717, 1.165) is 30.5 Å². The van der Waals surface area contributed by atoms with Crippen LogP contribution in [0.25, 0.3) is 0 Å². The van der Waals surface area contributed by atoms with Gasteiger partial charge in [-0.15, -0.1) is 0 Å². The third-order valence-corrected chi connectivity index (χ3v) is 3.56. The van der Waals surface area contributed by atoms with E-state index in [2.05, 4.69) is 25.8 Å². The molecule has 2 aromatic rings. The largest absolute Gasteiger partial charge is 0.494 e. The van der Waals surface area contributed by atoms with E-state index in [1.165, 1.54) is 0 Å². The van der Waals surface area contributed by atoms with Gasteiger partial charge in [0.15, 0.2) is 11.8 Å². The molecule has 26 heavy (non-hydrogen) atoms. The summed E-state index contributed by atoms with van der Waals surface area (Å²) in [5.41, 5.74) is 0. The minimum Gasteiger partial charge on any atom is -0.494 e. The lowest BCUT2D eigenvalue weighted by molar-refractivity contribution is 0.313. The Hall–Kier alpha value is -2.57. The van der Waals surface area contributed by atoms with Crippen LogP contribution in [-0.2, 0) is 6.42 Å². The van der Waals surface area contributed by atoms with Crippen molar-refractivity contribution >= 4 is 5.96 Å². The highest BCUT2D eigenvalue weighted by Gasteiger charge is 2.09. The van der Waals surface area contributed by atoms with Crippen LogP contribution in [0.5, 0.6) is 5.75 Å². The number of aromatic nitrogens is 2. The standard InChI is InChI=1S/C19H29N5O2/c1-4-20-19(21-12-8-14-25-16-9-6-5-7-10-16)22-13-11-17-23-18(15(2)3)24-26-17/h5-7,9-10,15H,4,8,11-14H2,1-3H3,(H2,20,21,22). The monoisotopic (exact) mass is 359 g/mol. The summed E-state index contributed by atoms with van der Waals surface area (Å²) in [6.45, 7) is 8.97. The van der Waals surface area contributed by atoms with Crippen LogP contribution in [0.4, 0.5) is 0 Å². The topological polar surface area (TPSA) is 84.6 Å². The van der Waals surface area contributed by atoms with Gasteiger partial charge < -0.3 is 19.9 Å². The number of benzene rings is 1. The second kappa shape index (κ2) is 11.1. The Morgan fingerprint density at radius 2 is 2.04 bits per heavy atom. The predicted molar refractivity (Wildman–Crippen MR) is 103 cm³/mol. The predicted octanol–water partition coefficient (Wildman–Crippen LogP) is 2.76. The Morgan fingerprint density at radius 1 is 1.23 bits per heavy atom. The molecule has 0 atom stereocenters. The highest BCUT2D eigenvalue weighted by molar-refractivity contribution is 5.79. The van der Waals surface area contributed by atoms with Gasteiger partial charge in [0, 0.05) is 38.4 Å². The van der Waals surface area contributed by atoms with Crippen molar-refractivity contribution in [3.63, 3.8) is 0 Å². The maximum atomic E-state index is 5.67. The van der Waals surface area contributed by atoms with Crippen LogP contribution in [-0.4, -0.2) is 42.3 Å². The van der Waals surface area contributed by atoms with E-state index < -0.39 is 0 Å². The summed E-state index contributed by atoms with van der Waals surface area (Å²) in [4.78, 5) is 8.93. The van der Waals surface area contributed by atoms with Gasteiger partial charge in [-0.25, -0.2) is 0 Å². The molecule has 0 fully saturated rings. The molecule has 7 heteroatoms. The Kier molecular flexibility index (Phi) is 8.45. The second-order valence-electron chi connectivity index (χ2n) is 6.15. The van der Waals surface area contributed by atoms with Crippen LogP contribution >= 0.6 is 0 Å².